The van der Waals surface area contributed by atoms with Gasteiger partial charge in [0.15, 0.2) is 0 Å². The maximum atomic E-state index is 11.9. The number of carbonyl (C=O) groups is 2. The Labute approximate surface area is 117 Å². The number of benzene rings is 1. The van der Waals surface area contributed by atoms with Gasteiger partial charge in [0.05, 0.1) is 6.54 Å². The number of hydrogen-bond acceptors (Lipinski definition) is 3. The molecule has 2 rings (SSSR count). The third kappa shape index (κ3) is 3.98. The van der Waals surface area contributed by atoms with E-state index in [1.165, 1.54) is 0 Å². The summed E-state index contributed by atoms with van der Waals surface area (Å²) in [6, 6.07) is 9.99. The molecular weight excluding hydrogens is 254 g/mol. The van der Waals surface area contributed by atoms with Crippen molar-refractivity contribution in [3.8, 4) is 0 Å². The average Bonchev–Trinajstić information content (AvgIpc) is 2.46. The molecule has 0 bridgehead atoms. The molecule has 0 saturated heterocycles. The lowest BCUT2D eigenvalue weighted by atomic mass is 10.1. The summed E-state index contributed by atoms with van der Waals surface area (Å²) >= 11 is 0. The molecule has 3 N–H and O–H groups in total. The van der Waals surface area contributed by atoms with E-state index >= 15 is 0 Å². The predicted octanol–water partition coefficient (Wildman–Crippen LogP) is 0.891. The largest absolute Gasteiger partial charge is 0.368 e. The molecular formula is C15H17N3O2. The normalized spacial score (nSPS) is 13.8. The average molecular weight is 271 g/mol. The van der Waals surface area contributed by atoms with Gasteiger partial charge in [-0.1, -0.05) is 36.4 Å². The highest BCUT2D eigenvalue weighted by molar-refractivity contribution is 5.95. The van der Waals surface area contributed by atoms with E-state index in [0.717, 1.165) is 5.56 Å². The number of carbonyl (C=O) groups excluding carboxylic acids is 2. The van der Waals surface area contributed by atoms with Crippen LogP contribution in [0, 0.1) is 0 Å². The Morgan fingerprint density at radius 3 is 2.70 bits per heavy atom. The van der Waals surface area contributed by atoms with Gasteiger partial charge >= 0.3 is 0 Å². The summed E-state index contributed by atoms with van der Waals surface area (Å²) in [5.74, 6) is -0.808. The molecule has 1 aliphatic heterocycles. The van der Waals surface area contributed by atoms with Crippen LogP contribution in [0.5, 0.6) is 0 Å². The van der Waals surface area contributed by atoms with E-state index in [2.05, 4.69) is 5.32 Å². The first-order valence-electron chi connectivity index (χ1n) is 6.38. The smallest absolute Gasteiger partial charge is 0.249 e. The van der Waals surface area contributed by atoms with Gasteiger partial charge in [0.2, 0.25) is 11.8 Å². The number of amides is 2. The van der Waals surface area contributed by atoms with Gasteiger partial charge in [0.25, 0.3) is 0 Å². The summed E-state index contributed by atoms with van der Waals surface area (Å²) < 4.78 is 0. The lowest BCUT2D eigenvalue weighted by Crippen LogP contribution is -2.34. The minimum absolute atomic E-state index is 0.140. The van der Waals surface area contributed by atoms with Gasteiger partial charge in [-0.3, -0.25) is 9.59 Å². The number of nitrogens with one attached hydrogen (secondary N) is 1. The lowest BCUT2D eigenvalue weighted by Gasteiger charge is -2.21. The Morgan fingerprint density at radius 2 is 2.00 bits per heavy atom. The molecule has 104 valence electrons. The number of rotatable bonds is 5. The van der Waals surface area contributed by atoms with Gasteiger partial charge in [-0.2, -0.15) is 0 Å². The Balaban J connectivity index is 1.98. The van der Waals surface area contributed by atoms with Crippen LogP contribution < -0.4 is 11.1 Å². The molecule has 0 aromatic heterocycles. The molecule has 5 heteroatoms. The highest BCUT2D eigenvalue weighted by Gasteiger charge is 2.13. The van der Waals surface area contributed by atoms with Crippen LogP contribution in [0.25, 0.3) is 0 Å². The maximum Gasteiger partial charge on any atom is 0.249 e. The first-order valence-corrected chi connectivity index (χ1v) is 6.38. The van der Waals surface area contributed by atoms with Crippen LogP contribution in [-0.4, -0.2) is 23.3 Å². The quantitative estimate of drug-likeness (QED) is 0.835. The first-order chi connectivity index (χ1) is 9.65. The molecule has 20 heavy (non-hydrogen) atoms. The minimum atomic E-state index is -0.550. The van der Waals surface area contributed by atoms with Crippen molar-refractivity contribution in [1.29, 1.82) is 0 Å². The third-order valence-electron chi connectivity index (χ3n) is 2.88. The molecule has 0 spiro atoms. The van der Waals surface area contributed by atoms with Gasteiger partial charge in [-0.05, 0) is 12.0 Å². The summed E-state index contributed by atoms with van der Waals surface area (Å²) in [6.07, 6.45) is 6.21. The molecule has 1 aromatic rings. The van der Waals surface area contributed by atoms with E-state index in [1.54, 1.807) is 6.20 Å². The second-order valence-electron chi connectivity index (χ2n) is 4.55. The van der Waals surface area contributed by atoms with E-state index in [9.17, 15) is 9.59 Å². The van der Waals surface area contributed by atoms with E-state index < -0.39 is 5.91 Å². The maximum absolute atomic E-state index is 11.9. The fourth-order valence-electron chi connectivity index (χ4n) is 1.94. The second kappa shape index (κ2) is 6.56. The van der Waals surface area contributed by atoms with Crippen molar-refractivity contribution in [2.45, 2.75) is 13.0 Å². The zero-order valence-corrected chi connectivity index (χ0v) is 11.1. The van der Waals surface area contributed by atoms with Crippen LogP contribution in [0.3, 0.4) is 0 Å². The fraction of sp³-hybridized carbons (Fsp3) is 0.200. The Kier molecular flexibility index (Phi) is 4.55. The van der Waals surface area contributed by atoms with Gasteiger partial charge < -0.3 is 16.0 Å². The summed E-state index contributed by atoms with van der Waals surface area (Å²) in [4.78, 5) is 24.5. The van der Waals surface area contributed by atoms with Gasteiger partial charge in [-0.15, -0.1) is 0 Å². The van der Waals surface area contributed by atoms with Gasteiger partial charge in [0, 0.05) is 24.5 Å². The minimum Gasteiger partial charge on any atom is -0.368 e. The molecule has 0 unspecified atom stereocenters. The standard InChI is InChI=1S/C15H17N3O2/c16-14(19)9-17-15(20)13-7-4-8-18(11-13)10-12-5-2-1-3-6-12/h1-6,8,11H,7,9-10H2,(H2,16,19)(H,17,20). The van der Waals surface area contributed by atoms with Crippen LogP contribution in [0.1, 0.15) is 12.0 Å². The van der Waals surface area contributed by atoms with Crippen molar-refractivity contribution in [1.82, 2.24) is 10.2 Å². The Bertz CT molecular complexity index is 549. The van der Waals surface area contributed by atoms with Crippen LogP contribution >= 0.6 is 0 Å². The Hall–Kier alpha value is -2.56. The van der Waals surface area contributed by atoms with E-state index in [4.69, 9.17) is 5.73 Å². The molecule has 0 atom stereocenters. The summed E-state index contributed by atoms with van der Waals surface area (Å²) in [6.45, 7) is 0.558. The summed E-state index contributed by atoms with van der Waals surface area (Å²) in [7, 11) is 0. The molecule has 1 heterocycles. The van der Waals surface area contributed by atoms with Crippen molar-refractivity contribution in [2.75, 3.05) is 6.54 Å². The molecule has 0 fully saturated rings. The van der Waals surface area contributed by atoms with Gasteiger partial charge in [0.1, 0.15) is 0 Å². The van der Waals surface area contributed by atoms with Crippen molar-refractivity contribution in [2.24, 2.45) is 5.73 Å². The molecule has 0 aliphatic carbocycles. The van der Waals surface area contributed by atoms with Crippen LogP contribution in [0.4, 0.5) is 0 Å². The predicted molar refractivity (Wildman–Crippen MR) is 76.0 cm³/mol. The number of nitrogens with two attached hydrogens (primary N) is 1. The third-order valence-corrected chi connectivity index (χ3v) is 2.88. The molecule has 0 radical (unpaired) electrons. The van der Waals surface area contributed by atoms with E-state index in [1.807, 2.05) is 47.5 Å². The monoisotopic (exact) mass is 271 g/mol. The SMILES string of the molecule is NC(=O)CNC(=O)C1=CN(Cc2ccccc2)C=CC1. The molecule has 1 aromatic carbocycles. The summed E-state index contributed by atoms with van der Waals surface area (Å²) in [5, 5.41) is 2.49. The number of allylic oxidation sites excluding steroid dienone is 1. The van der Waals surface area contributed by atoms with Crippen molar-refractivity contribution in [3.63, 3.8) is 0 Å². The van der Waals surface area contributed by atoms with E-state index in [0.29, 0.717) is 18.5 Å². The van der Waals surface area contributed by atoms with Crippen molar-refractivity contribution < 1.29 is 9.59 Å². The summed E-state index contributed by atoms with van der Waals surface area (Å²) in [5.41, 5.74) is 6.78. The first kappa shape index (κ1) is 13.9. The van der Waals surface area contributed by atoms with Crippen LogP contribution in [-0.2, 0) is 16.1 Å². The highest BCUT2D eigenvalue weighted by atomic mass is 16.2. The molecule has 2 amide bonds. The molecule has 1 aliphatic rings. The Morgan fingerprint density at radius 1 is 1.25 bits per heavy atom. The fourth-order valence-corrected chi connectivity index (χ4v) is 1.94. The van der Waals surface area contributed by atoms with Crippen molar-refractivity contribution in [3.05, 3.63) is 59.9 Å². The van der Waals surface area contributed by atoms with Crippen LogP contribution in [0.2, 0.25) is 0 Å². The number of hydrogen-bond donors (Lipinski definition) is 2. The zero-order chi connectivity index (χ0) is 14.4. The molecule has 5 nitrogen and oxygen atoms in total. The highest BCUT2D eigenvalue weighted by Crippen LogP contribution is 2.15. The molecule has 0 saturated carbocycles. The number of primary amides is 1. The number of nitrogens with zero attached hydrogens (tertiary/aromatic N) is 1. The van der Waals surface area contributed by atoms with Crippen molar-refractivity contribution >= 4 is 11.8 Å². The van der Waals surface area contributed by atoms with E-state index in [-0.39, 0.29) is 12.5 Å². The van der Waals surface area contributed by atoms with Gasteiger partial charge in [-0.25, -0.2) is 0 Å². The second-order valence-corrected chi connectivity index (χ2v) is 4.55. The van der Waals surface area contributed by atoms with Crippen LogP contribution in [0.15, 0.2) is 54.4 Å². The zero-order valence-electron chi connectivity index (χ0n) is 11.1. The lowest BCUT2D eigenvalue weighted by molar-refractivity contribution is -0.122. The topological polar surface area (TPSA) is 75.4 Å².